The molecule has 0 aliphatic rings. The molecule has 0 heterocycles. The highest BCUT2D eigenvalue weighted by molar-refractivity contribution is 9.10. The molecule has 3 aromatic rings. The molecule has 0 saturated heterocycles. The predicted octanol–water partition coefficient (Wildman–Crippen LogP) is 3.69. The Morgan fingerprint density at radius 1 is 1.03 bits per heavy atom. The second-order valence-corrected chi connectivity index (χ2v) is 10.6. The first-order valence-corrected chi connectivity index (χ1v) is 13.4. The number of hydrazone groups is 1. The number of nitrogens with zero attached hydrogens (tertiary/aromatic N) is 2. The Balaban J connectivity index is 1.49. The van der Waals surface area contributed by atoms with E-state index in [1.807, 2.05) is 31.2 Å². The lowest BCUT2D eigenvalue weighted by Crippen LogP contribution is -2.39. The normalized spacial score (nSPS) is 11.2. The third-order valence-corrected chi connectivity index (χ3v) is 6.41. The predicted molar refractivity (Wildman–Crippen MR) is 144 cm³/mol. The number of aryl methyl sites for hydroxylation is 1. The van der Waals surface area contributed by atoms with Crippen molar-refractivity contribution in [1.82, 2.24) is 5.43 Å². The van der Waals surface area contributed by atoms with E-state index in [0.29, 0.717) is 27.2 Å². The first-order valence-electron chi connectivity index (χ1n) is 10.7. The number of amides is 2. The summed E-state index contributed by atoms with van der Waals surface area (Å²) in [5.74, 6) is -0.387. The molecule has 0 spiro atoms. The van der Waals surface area contributed by atoms with E-state index < -0.39 is 22.5 Å². The SMILES string of the molecule is Cc1ccc(NC(=O)COc2ccc(/C=N\NC(=O)CN(c3cccc(Br)c3)S(C)(=O)=O)cc2)cc1. The van der Waals surface area contributed by atoms with Gasteiger partial charge in [-0.05, 0) is 67.1 Å². The molecule has 0 bridgehead atoms. The molecule has 36 heavy (non-hydrogen) atoms. The fraction of sp³-hybridized carbons (Fsp3) is 0.160. The zero-order chi connectivity index (χ0) is 26.1. The van der Waals surface area contributed by atoms with Crippen LogP contribution in [-0.2, 0) is 19.6 Å². The average molecular weight is 573 g/mol. The Morgan fingerprint density at radius 2 is 1.72 bits per heavy atom. The zero-order valence-electron chi connectivity index (χ0n) is 19.6. The van der Waals surface area contributed by atoms with E-state index in [9.17, 15) is 18.0 Å². The summed E-state index contributed by atoms with van der Waals surface area (Å²) in [5.41, 5.74) is 5.14. The van der Waals surface area contributed by atoms with Crippen molar-refractivity contribution in [2.45, 2.75) is 6.92 Å². The molecule has 2 N–H and O–H groups in total. The lowest BCUT2D eigenvalue weighted by molar-refractivity contribution is -0.119. The molecule has 0 saturated carbocycles. The quantitative estimate of drug-likeness (QED) is 0.284. The van der Waals surface area contributed by atoms with Gasteiger partial charge in [0.2, 0.25) is 10.0 Å². The Morgan fingerprint density at radius 3 is 2.36 bits per heavy atom. The van der Waals surface area contributed by atoms with Gasteiger partial charge in [0.1, 0.15) is 12.3 Å². The smallest absolute Gasteiger partial charge is 0.262 e. The number of hydrogen-bond acceptors (Lipinski definition) is 6. The van der Waals surface area contributed by atoms with Crippen LogP contribution in [0.3, 0.4) is 0 Å². The fourth-order valence-corrected chi connectivity index (χ4v) is 4.24. The number of halogens is 1. The van der Waals surface area contributed by atoms with Gasteiger partial charge in [-0.25, -0.2) is 13.8 Å². The second-order valence-electron chi connectivity index (χ2n) is 7.81. The highest BCUT2D eigenvalue weighted by Crippen LogP contribution is 2.22. The monoisotopic (exact) mass is 572 g/mol. The minimum absolute atomic E-state index is 0.147. The largest absolute Gasteiger partial charge is 0.484 e. The van der Waals surface area contributed by atoms with Crippen LogP contribution in [0.2, 0.25) is 0 Å². The number of anilines is 2. The van der Waals surface area contributed by atoms with Crippen LogP contribution in [-0.4, -0.2) is 45.9 Å². The van der Waals surface area contributed by atoms with Gasteiger partial charge in [-0.15, -0.1) is 0 Å². The van der Waals surface area contributed by atoms with Crippen LogP contribution >= 0.6 is 15.9 Å². The van der Waals surface area contributed by atoms with Crippen LogP contribution in [0.25, 0.3) is 0 Å². The summed E-state index contributed by atoms with van der Waals surface area (Å²) >= 11 is 3.29. The van der Waals surface area contributed by atoms with E-state index in [1.165, 1.54) is 6.21 Å². The maximum atomic E-state index is 12.3. The maximum absolute atomic E-state index is 12.3. The summed E-state index contributed by atoms with van der Waals surface area (Å²) in [6.07, 6.45) is 2.44. The van der Waals surface area contributed by atoms with Gasteiger partial charge in [0.05, 0.1) is 18.2 Å². The number of benzene rings is 3. The van der Waals surface area contributed by atoms with E-state index in [-0.39, 0.29) is 12.5 Å². The average Bonchev–Trinajstić information content (AvgIpc) is 2.83. The molecule has 0 aromatic heterocycles. The minimum Gasteiger partial charge on any atom is -0.484 e. The topological polar surface area (TPSA) is 117 Å². The minimum atomic E-state index is -3.69. The van der Waals surface area contributed by atoms with Gasteiger partial charge in [-0.1, -0.05) is 39.7 Å². The molecular formula is C25H25BrN4O5S. The molecule has 0 aliphatic carbocycles. The third-order valence-electron chi connectivity index (χ3n) is 4.77. The Hall–Kier alpha value is -3.70. The van der Waals surface area contributed by atoms with Gasteiger partial charge in [0, 0.05) is 10.2 Å². The molecule has 3 rings (SSSR count). The number of carbonyl (C=O) groups excluding carboxylic acids is 2. The summed E-state index contributed by atoms with van der Waals surface area (Å²) < 4.78 is 31.5. The standard InChI is InChI=1S/C25H25BrN4O5S/c1-18-6-10-21(11-7-18)28-25(32)17-35-23-12-8-19(9-13-23)15-27-29-24(31)16-30(36(2,33)34)22-5-3-4-20(26)14-22/h3-15H,16-17H2,1-2H3,(H,28,32)(H,29,31)/b27-15-. The molecule has 0 atom stereocenters. The van der Waals surface area contributed by atoms with Gasteiger partial charge in [-0.3, -0.25) is 13.9 Å². The van der Waals surface area contributed by atoms with Crippen molar-refractivity contribution in [3.63, 3.8) is 0 Å². The van der Waals surface area contributed by atoms with Crippen molar-refractivity contribution in [3.05, 3.63) is 88.4 Å². The van der Waals surface area contributed by atoms with E-state index in [0.717, 1.165) is 16.1 Å². The van der Waals surface area contributed by atoms with Gasteiger partial charge in [0.15, 0.2) is 6.61 Å². The highest BCUT2D eigenvalue weighted by atomic mass is 79.9. The van der Waals surface area contributed by atoms with Crippen LogP contribution in [0.4, 0.5) is 11.4 Å². The van der Waals surface area contributed by atoms with Gasteiger partial charge < -0.3 is 10.1 Å². The number of rotatable bonds is 10. The van der Waals surface area contributed by atoms with Crippen molar-refractivity contribution >= 4 is 55.4 Å². The van der Waals surface area contributed by atoms with Crippen LogP contribution in [0.1, 0.15) is 11.1 Å². The molecule has 0 fully saturated rings. The lowest BCUT2D eigenvalue weighted by atomic mass is 10.2. The van der Waals surface area contributed by atoms with Gasteiger partial charge in [0.25, 0.3) is 11.8 Å². The number of hydrogen-bond donors (Lipinski definition) is 2. The van der Waals surface area contributed by atoms with Crippen LogP contribution in [0, 0.1) is 6.92 Å². The van der Waals surface area contributed by atoms with Crippen LogP contribution in [0.5, 0.6) is 5.75 Å². The zero-order valence-corrected chi connectivity index (χ0v) is 22.0. The highest BCUT2D eigenvalue weighted by Gasteiger charge is 2.20. The van der Waals surface area contributed by atoms with Crippen molar-refractivity contribution < 1.29 is 22.7 Å². The number of sulfonamides is 1. The summed E-state index contributed by atoms with van der Waals surface area (Å²) in [4.78, 5) is 24.3. The number of ether oxygens (including phenoxy) is 1. The van der Waals surface area contributed by atoms with Crippen molar-refractivity contribution in [2.75, 3.05) is 29.0 Å². The van der Waals surface area contributed by atoms with Crippen molar-refractivity contribution in [2.24, 2.45) is 5.10 Å². The molecule has 188 valence electrons. The molecule has 11 heteroatoms. The van der Waals surface area contributed by atoms with Gasteiger partial charge >= 0.3 is 0 Å². The van der Waals surface area contributed by atoms with Crippen molar-refractivity contribution in [1.29, 1.82) is 0 Å². The molecule has 3 aromatic carbocycles. The molecule has 0 radical (unpaired) electrons. The first-order chi connectivity index (χ1) is 17.1. The molecule has 2 amide bonds. The molecule has 0 unspecified atom stereocenters. The van der Waals surface area contributed by atoms with Crippen molar-refractivity contribution in [3.8, 4) is 5.75 Å². The number of nitrogens with one attached hydrogen (secondary N) is 2. The van der Waals surface area contributed by atoms with E-state index in [4.69, 9.17) is 4.74 Å². The number of carbonyl (C=O) groups is 2. The van der Waals surface area contributed by atoms with E-state index in [1.54, 1.807) is 48.5 Å². The molecular weight excluding hydrogens is 548 g/mol. The Labute approximate surface area is 218 Å². The van der Waals surface area contributed by atoms with E-state index in [2.05, 4.69) is 31.8 Å². The maximum Gasteiger partial charge on any atom is 0.262 e. The summed E-state index contributed by atoms with van der Waals surface area (Å²) in [7, 11) is -3.69. The third kappa shape index (κ3) is 8.51. The fourth-order valence-electron chi connectivity index (χ4n) is 3.01. The molecule has 9 nitrogen and oxygen atoms in total. The second kappa shape index (κ2) is 12.3. The molecule has 0 aliphatic heterocycles. The lowest BCUT2D eigenvalue weighted by Gasteiger charge is -2.21. The Bertz CT molecular complexity index is 1340. The summed E-state index contributed by atoms with van der Waals surface area (Å²) in [5, 5.41) is 6.64. The van der Waals surface area contributed by atoms with E-state index >= 15 is 0 Å². The van der Waals surface area contributed by atoms with Crippen LogP contribution < -0.4 is 19.8 Å². The summed E-state index contributed by atoms with van der Waals surface area (Å²) in [6.45, 7) is 1.39. The van der Waals surface area contributed by atoms with Crippen LogP contribution in [0.15, 0.2) is 82.4 Å². The van der Waals surface area contributed by atoms with Gasteiger partial charge in [-0.2, -0.15) is 5.10 Å². The Kier molecular flexibility index (Phi) is 9.20. The summed E-state index contributed by atoms with van der Waals surface area (Å²) in [6, 6.07) is 20.8. The first kappa shape index (κ1) is 26.9.